The molecule has 0 saturated carbocycles. The third kappa shape index (κ3) is 3.46. The number of hydrogen-bond donors (Lipinski definition) is 1. The smallest absolute Gasteiger partial charge is 0.251 e. The van der Waals surface area contributed by atoms with E-state index in [4.69, 9.17) is 21.1 Å². The summed E-state index contributed by atoms with van der Waals surface area (Å²) in [5.74, 6) is 1.66. The molecule has 0 bridgehead atoms. The lowest BCUT2D eigenvalue weighted by molar-refractivity contribution is 0.0933. The number of hydrogen-bond acceptors (Lipinski definition) is 5. The van der Waals surface area contributed by atoms with Gasteiger partial charge in [-0.3, -0.25) is 4.79 Å². The highest BCUT2D eigenvalue weighted by molar-refractivity contribution is 6.32. The summed E-state index contributed by atoms with van der Waals surface area (Å²) in [5.41, 5.74) is 2.66. The van der Waals surface area contributed by atoms with Gasteiger partial charge in [-0.2, -0.15) is 0 Å². The average molecular weight is 374 g/mol. The van der Waals surface area contributed by atoms with Gasteiger partial charge < -0.3 is 14.8 Å². The number of nitrogens with zero attached hydrogens (tertiary/aromatic N) is 2. The lowest BCUT2D eigenvalue weighted by Gasteiger charge is -2.25. The zero-order valence-electron chi connectivity index (χ0n) is 14.5. The minimum Gasteiger partial charge on any atom is -0.489 e. The Bertz CT molecular complexity index is 856. The lowest BCUT2D eigenvalue weighted by atomic mass is 9.92. The summed E-state index contributed by atoms with van der Waals surface area (Å²) in [6.45, 7) is 3.00. The van der Waals surface area contributed by atoms with Gasteiger partial charge >= 0.3 is 0 Å². The lowest BCUT2D eigenvalue weighted by Crippen LogP contribution is -2.39. The van der Waals surface area contributed by atoms with E-state index in [2.05, 4.69) is 15.3 Å². The number of carbonyl (C=O) groups excluding carboxylic acids is 1. The van der Waals surface area contributed by atoms with Crippen LogP contribution in [0.15, 0.2) is 18.3 Å². The van der Waals surface area contributed by atoms with Gasteiger partial charge in [0.15, 0.2) is 11.5 Å². The normalized spacial score (nSPS) is 18.6. The second kappa shape index (κ2) is 7.11. The highest BCUT2D eigenvalue weighted by Gasteiger charge is 2.24. The number of nitrogens with one attached hydrogen (secondary N) is 1. The molecule has 1 aromatic carbocycles. The molecule has 136 valence electrons. The minimum absolute atomic E-state index is 0.0519. The summed E-state index contributed by atoms with van der Waals surface area (Å²) in [6.07, 6.45) is 5.08. The molecule has 4 rings (SSSR count). The van der Waals surface area contributed by atoms with Crippen LogP contribution in [0.25, 0.3) is 0 Å². The van der Waals surface area contributed by atoms with Crippen molar-refractivity contribution in [3.05, 3.63) is 46.0 Å². The molecule has 1 atom stereocenters. The van der Waals surface area contributed by atoms with Crippen LogP contribution in [0.2, 0.25) is 5.02 Å². The van der Waals surface area contributed by atoms with Gasteiger partial charge in [-0.1, -0.05) is 11.6 Å². The maximum atomic E-state index is 12.7. The standard InChI is InChI=1S/C19H20ClN3O3/c1-11-21-10-13-7-14(3-4-16(13)22-11)23-19(24)12-8-15(20)18-17(9-12)25-5-2-6-26-18/h8-10,14H,2-7H2,1H3,(H,23,24)/t14-/m1/s1. The monoisotopic (exact) mass is 373 g/mol. The van der Waals surface area contributed by atoms with E-state index in [1.165, 1.54) is 0 Å². The Kier molecular flexibility index (Phi) is 4.68. The molecule has 0 unspecified atom stereocenters. The van der Waals surface area contributed by atoms with Gasteiger partial charge in [0.05, 0.1) is 18.2 Å². The number of halogens is 1. The molecule has 1 aliphatic carbocycles. The molecule has 2 aromatic rings. The van der Waals surface area contributed by atoms with E-state index >= 15 is 0 Å². The fourth-order valence-corrected chi connectivity index (χ4v) is 3.63. The zero-order valence-corrected chi connectivity index (χ0v) is 15.3. The first-order valence-electron chi connectivity index (χ1n) is 8.81. The van der Waals surface area contributed by atoms with Crippen LogP contribution in [0.1, 0.15) is 40.3 Å². The molecule has 1 aromatic heterocycles. The second-order valence-electron chi connectivity index (χ2n) is 6.64. The molecular formula is C19H20ClN3O3. The van der Waals surface area contributed by atoms with Crippen molar-refractivity contribution in [2.45, 2.75) is 38.6 Å². The molecule has 1 amide bonds. The van der Waals surface area contributed by atoms with Crippen LogP contribution in [0.3, 0.4) is 0 Å². The van der Waals surface area contributed by atoms with Gasteiger partial charge in [0.1, 0.15) is 5.82 Å². The number of aromatic nitrogens is 2. The van der Waals surface area contributed by atoms with Crippen LogP contribution in [-0.4, -0.2) is 35.1 Å². The second-order valence-corrected chi connectivity index (χ2v) is 7.05. The van der Waals surface area contributed by atoms with E-state index in [1.54, 1.807) is 12.1 Å². The Balaban J connectivity index is 1.49. The van der Waals surface area contributed by atoms with Crippen LogP contribution in [-0.2, 0) is 12.8 Å². The third-order valence-electron chi connectivity index (χ3n) is 4.67. The summed E-state index contributed by atoms with van der Waals surface area (Å²) in [6, 6.07) is 3.38. The van der Waals surface area contributed by atoms with Crippen LogP contribution in [0.5, 0.6) is 11.5 Å². The van der Waals surface area contributed by atoms with Crippen LogP contribution < -0.4 is 14.8 Å². The quantitative estimate of drug-likeness (QED) is 0.876. The molecule has 0 saturated heterocycles. The molecule has 1 N–H and O–H groups in total. The van der Waals surface area contributed by atoms with Crippen molar-refractivity contribution in [2.75, 3.05) is 13.2 Å². The number of carbonyl (C=O) groups is 1. The highest BCUT2D eigenvalue weighted by Crippen LogP contribution is 2.38. The summed E-state index contributed by atoms with van der Waals surface area (Å²) in [4.78, 5) is 21.4. The van der Waals surface area contributed by atoms with Crippen molar-refractivity contribution in [1.29, 1.82) is 0 Å². The number of rotatable bonds is 2. The number of benzene rings is 1. The number of aryl methyl sites for hydroxylation is 2. The predicted molar refractivity (Wildman–Crippen MR) is 97.1 cm³/mol. The van der Waals surface area contributed by atoms with Crippen LogP contribution >= 0.6 is 11.6 Å². The van der Waals surface area contributed by atoms with Crippen LogP contribution in [0.4, 0.5) is 0 Å². The highest BCUT2D eigenvalue weighted by atomic mass is 35.5. The molecule has 1 aliphatic heterocycles. The number of ether oxygens (including phenoxy) is 2. The molecule has 6 nitrogen and oxygen atoms in total. The Labute approximate surface area is 156 Å². The Morgan fingerprint density at radius 1 is 1.31 bits per heavy atom. The fraction of sp³-hybridized carbons (Fsp3) is 0.421. The fourth-order valence-electron chi connectivity index (χ4n) is 3.36. The molecular weight excluding hydrogens is 354 g/mol. The Morgan fingerprint density at radius 3 is 3.04 bits per heavy atom. The van der Waals surface area contributed by atoms with Crippen molar-refractivity contribution in [2.24, 2.45) is 0 Å². The molecule has 7 heteroatoms. The summed E-state index contributed by atoms with van der Waals surface area (Å²) >= 11 is 6.29. The van der Waals surface area contributed by atoms with Gasteiger partial charge in [0.2, 0.25) is 0 Å². The van der Waals surface area contributed by atoms with E-state index < -0.39 is 0 Å². The van der Waals surface area contributed by atoms with E-state index in [0.29, 0.717) is 35.3 Å². The van der Waals surface area contributed by atoms with Gasteiger partial charge in [0.25, 0.3) is 5.91 Å². The van der Waals surface area contributed by atoms with Gasteiger partial charge in [-0.15, -0.1) is 0 Å². The zero-order chi connectivity index (χ0) is 18.1. The van der Waals surface area contributed by atoms with E-state index in [9.17, 15) is 4.79 Å². The Hall–Kier alpha value is -2.34. The maximum Gasteiger partial charge on any atom is 0.251 e. The first-order chi connectivity index (χ1) is 12.6. The topological polar surface area (TPSA) is 73.3 Å². The largest absolute Gasteiger partial charge is 0.489 e. The molecule has 2 heterocycles. The molecule has 2 aliphatic rings. The third-order valence-corrected chi connectivity index (χ3v) is 4.95. The number of amides is 1. The van der Waals surface area contributed by atoms with Crippen molar-refractivity contribution in [3.63, 3.8) is 0 Å². The maximum absolute atomic E-state index is 12.7. The summed E-state index contributed by atoms with van der Waals surface area (Å²) in [5, 5.41) is 3.49. The molecule has 26 heavy (non-hydrogen) atoms. The molecule has 0 fully saturated rings. The van der Waals surface area contributed by atoms with Gasteiger partial charge in [-0.05, 0) is 43.9 Å². The summed E-state index contributed by atoms with van der Waals surface area (Å²) < 4.78 is 11.3. The van der Waals surface area contributed by atoms with E-state index in [0.717, 1.165) is 42.8 Å². The van der Waals surface area contributed by atoms with E-state index in [1.807, 2.05) is 13.1 Å². The first-order valence-corrected chi connectivity index (χ1v) is 9.19. The van der Waals surface area contributed by atoms with Crippen molar-refractivity contribution < 1.29 is 14.3 Å². The van der Waals surface area contributed by atoms with Crippen molar-refractivity contribution in [1.82, 2.24) is 15.3 Å². The average Bonchev–Trinajstić information content (AvgIpc) is 2.87. The van der Waals surface area contributed by atoms with Crippen molar-refractivity contribution >= 4 is 17.5 Å². The van der Waals surface area contributed by atoms with Gasteiger partial charge in [-0.25, -0.2) is 9.97 Å². The SMILES string of the molecule is Cc1ncc2c(n1)CC[C@@H](NC(=O)c1cc(Cl)c3c(c1)OCCCO3)C2. The Morgan fingerprint density at radius 2 is 2.15 bits per heavy atom. The molecule has 0 radical (unpaired) electrons. The van der Waals surface area contributed by atoms with E-state index in [-0.39, 0.29) is 11.9 Å². The molecule has 0 spiro atoms. The first kappa shape index (κ1) is 17.1. The summed E-state index contributed by atoms with van der Waals surface area (Å²) in [7, 11) is 0. The van der Waals surface area contributed by atoms with Crippen molar-refractivity contribution in [3.8, 4) is 11.5 Å². The van der Waals surface area contributed by atoms with Gasteiger partial charge in [0, 0.05) is 29.9 Å². The number of fused-ring (bicyclic) bond motifs is 2. The predicted octanol–water partition coefficient (Wildman–Crippen LogP) is 2.89. The van der Waals surface area contributed by atoms with Crippen LogP contribution in [0, 0.1) is 6.92 Å². The minimum atomic E-state index is -0.163.